The first-order chi connectivity index (χ1) is 12.9. The van der Waals surface area contributed by atoms with Crippen LogP contribution in [0, 0.1) is 13.8 Å². The van der Waals surface area contributed by atoms with Crippen molar-refractivity contribution in [2.24, 2.45) is 0 Å². The average Bonchev–Trinajstić information content (AvgIpc) is 2.66. The van der Waals surface area contributed by atoms with Crippen molar-refractivity contribution in [3.63, 3.8) is 0 Å². The van der Waals surface area contributed by atoms with E-state index in [2.05, 4.69) is 5.32 Å². The third-order valence-electron chi connectivity index (χ3n) is 4.83. The lowest BCUT2D eigenvalue weighted by atomic mass is 10.1. The van der Waals surface area contributed by atoms with Crippen LogP contribution in [-0.2, 0) is 16.6 Å². The Hall–Kier alpha value is -2.18. The lowest BCUT2D eigenvalue weighted by Crippen LogP contribution is -2.36. The molecule has 1 N–H and O–H groups in total. The molecule has 0 atom stereocenters. The summed E-state index contributed by atoms with van der Waals surface area (Å²) >= 11 is 0. The number of piperidine rings is 1. The second kappa shape index (κ2) is 8.23. The lowest BCUT2D eigenvalue weighted by Gasteiger charge is -2.26. The molecule has 1 fully saturated rings. The smallest absolute Gasteiger partial charge is 0.251 e. The Morgan fingerprint density at radius 3 is 2.30 bits per heavy atom. The predicted octanol–water partition coefficient (Wildman–Crippen LogP) is 3.41. The van der Waals surface area contributed by atoms with Crippen molar-refractivity contribution >= 4 is 15.9 Å². The molecule has 27 heavy (non-hydrogen) atoms. The van der Waals surface area contributed by atoms with Gasteiger partial charge in [0.1, 0.15) is 0 Å². The van der Waals surface area contributed by atoms with Crippen LogP contribution in [-0.4, -0.2) is 31.7 Å². The van der Waals surface area contributed by atoms with Crippen LogP contribution < -0.4 is 5.32 Å². The number of amides is 1. The van der Waals surface area contributed by atoms with E-state index < -0.39 is 10.0 Å². The minimum Gasteiger partial charge on any atom is -0.348 e. The van der Waals surface area contributed by atoms with E-state index >= 15 is 0 Å². The monoisotopic (exact) mass is 386 g/mol. The molecule has 1 aliphatic heterocycles. The van der Waals surface area contributed by atoms with Crippen molar-refractivity contribution in [3.8, 4) is 0 Å². The van der Waals surface area contributed by atoms with Gasteiger partial charge < -0.3 is 5.32 Å². The number of benzene rings is 2. The van der Waals surface area contributed by atoms with E-state index in [0.29, 0.717) is 24.2 Å². The Bertz CT molecular complexity index is 912. The molecule has 2 aromatic rings. The second-order valence-electron chi connectivity index (χ2n) is 7.13. The Morgan fingerprint density at radius 2 is 1.63 bits per heavy atom. The summed E-state index contributed by atoms with van der Waals surface area (Å²) in [4.78, 5) is 12.8. The number of nitrogens with one attached hydrogen (secondary N) is 1. The number of sulfonamides is 1. The van der Waals surface area contributed by atoms with Gasteiger partial charge in [-0.25, -0.2) is 8.42 Å². The van der Waals surface area contributed by atoms with Crippen molar-refractivity contribution in [1.29, 1.82) is 0 Å². The molecule has 0 saturated carbocycles. The maximum Gasteiger partial charge on any atom is 0.251 e. The van der Waals surface area contributed by atoms with Gasteiger partial charge in [0.25, 0.3) is 5.91 Å². The van der Waals surface area contributed by atoms with E-state index in [0.717, 1.165) is 30.4 Å². The van der Waals surface area contributed by atoms with Crippen LogP contribution in [0.4, 0.5) is 0 Å². The van der Waals surface area contributed by atoms with E-state index in [1.165, 1.54) is 0 Å². The SMILES string of the molecule is Cc1cc(C)cc(C(=O)NCc2ccccc2S(=O)(=O)N2CCCCC2)c1. The zero-order valence-electron chi connectivity index (χ0n) is 15.9. The van der Waals surface area contributed by atoms with Crippen LogP contribution in [0.15, 0.2) is 47.4 Å². The number of hydrogen-bond donors (Lipinski definition) is 1. The number of carbonyl (C=O) groups is 1. The largest absolute Gasteiger partial charge is 0.348 e. The minimum absolute atomic E-state index is 0.176. The van der Waals surface area contributed by atoms with Gasteiger partial charge in [-0.1, -0.05) is 41.8 Å². The normalized spacial score (nSPS) is 15.5. The van der Waals surface area contributed by atoms with Crippen molar-refractivity contribution in [2.75, 3.05) is 13.1 Å². The molecule has 1 amide bonds. The number of nitrogens with zero attached hydrogens (tertiary/aromatic N) is 1. The first kappa shape index (κ1) is 19.6. The molecule has 2 aromatic carbocycles. The van der Waals surface area contributed by atoms with Crippen LogP contribution in [0.1, 0.15) is 46.3 Å². The molecule has 0 unspecified atom stereocenters. The standard InChI is InChI=1S/C21H26N2O3S/c1-16-12-17(2)14-19(13-16)21(24)22-15-18-8-4-5-9-20(18)27(25,26)23-10-6-3-7-11-23/h4-5,8-9,12-14H,3,6-7,10-11,15H2,1-2H3,(H,22,24). The summed E-state index contributed by atoms with van der Waals surface area (Å²) in [7, 11) is -3.54. The fourth-order valence-electron chi connectivity index (χ4n) is 3.53. The molecule has 1 saturated heterocycles. The molecule has 0 spiro atoms. The third-order valence-corrected chi connectivity index (χ3v) is 6.83. The van der Waals surface area contributed by atoms with E-state index in [1.54, 1.807) is 28.6 Å². The maximum absolute atomic E-state index is 13.0. The van der Waals surface area contributed by atoms with Crippen LogP contribution >= 0.6 is 0 Å². The Kier molecular flexibility index (Phi) is 5.97. The fourth-order valence-corrected chi connectivity index (χ4v) is 5.27. The molecule has 0 radical (unpaired) electrons. The number of hydrogen-bond acceptors (Lipinski definition) is 3. The number of aryl methyl sites for hydroxylation is 2. The van der Waals surface area contributed by atoms with Gasteiger partial charge in [0.05, 0.1) is 4.90 Å². The Balaban J connectivity index is 1.79. The third kappa shape index (κ3) is 4.57. The molecule has 0 aliphatic carbocycles. The highest BCUT2D eigenvalue weighted by atomic mass is 32.2. The van der Waals surface area contributed by atoms with Crippen molar-refractivity contribution in [1.82, 2.24) is 9.62 Å². The minimum atomic E-state index is -3.54. The maximum atomic E-state index is 13.0. The summed E-state index contributed by atoms with van der Waals surface area (Å²) < 4.78 is 27.6. The summed E-state index contributed by atoms with van der Waals surface area (Å²) in [5, 5.41) is 2.86. The van der Waals surface area contributed by atoms with Gasteiger partial charge in [0, 0.05) is 25.2 Å². The summed E-state index contributed by atoms with van der Waals surface area (Å²) in [6.07, 6.45) is 2.86. The van der Waals surface area contributed by atoms with Gasteiger partial charge in [-0.3, -0.25) is 4.79 Å². The lowest BCUT2D eigenvalue weighted by molar-refractivity contribution is 0.0950. The first-order valence-electron chi connectivity index (χ1n) is 9.32. The highest BCUT2D eigenvalue weighted by Gasteiger charge is 2.27. The molecule has 6 heteroatoms. The van der Waals surface area contributed by atoms with E-state index in [-0.39, 0.29) is 17.3 Å². The van der Waals surface area contributed by atoms with Crippen LogP contribution in [0.2, 0.25) is 0 Å². The molecule has 144 valence electrons. The van der Waals surface area contributed by atoms with Crippen LogP contribution in [0.25, 0.3) is 0 Å². The van der Waals surface area contributed by atoms with Gasteiger partial charge in [-0.15, -0.1) is 0 Å². The Morgan fingerprint density at radius 1 is 1.00 bits per heavy atom. The predicted molar refractivity (Wildman–Crippen MR) is 106 cm³/mol. The zero-order valence-corrected chi connectivity index (χ0v) is 16.7. The molecule has 0 bridgehead atoms. The van der Waals surface area contributed by atoms with Crippen LogP contribution in [0.5, 0.6) is 0 Å². The topological polar surface area (TPSA) is 66.5 Å². The fraction of sp³-hybridized carbons (Fsp3) is 0.381. The van der Waals surface area contributed by atoms with Crippen molar-refractivity contribution in [3.05, 3.63) is 64.7 Å². The average molecular weight is 387 g/mol. The molecular weight excluding hydrogens is 360 g/mol. The van der Waals surface area contributed by atoms with Crippen molar-refractivity contribution in [2.45, 2.75) is 44.6 Å². The number of carbonyl (C=O) groups excluding carboxylic acids is 1. The molecular formula is C21H26N2O3S. The molecule has 5 nitrogen and oxygen atoms in total. The summed E-state index contributed by atoms with van der Waals surface area (Å²) in [6.45, 7) is 5.20. The molecule has 3 rings (SSSR count). The van der Waals surface area contributed by atoms with Crippen LogP contribution in [0.3, 0.4) is 0 Å². The first-order valence-corrected chi connectivity index (χ1v) is 10.8. The molecule has 1 heterocycles. The Labute approximate surface area is 161 Å². The molecule has 1 aliphatic rings. The molecule has 0 aromatic heterocycles. The van der Waals surface area contributed by atoms with Gasteiger partial charge in [-0.2, -0.15) is 4.31 Å². The van der Waals surface area contributed by atoms with Gasteiger partial charge in [-0.05, 0) is 50.5 Å². The number of rotatable bonds is 5. The summed E-state index contributed by atoms with van der Waals surface area (Å²) in [5.74, 6) is -0.202. The quantitative estimate of drug-likeness (QED) is 0.856. The van der Waals surface area contributed by atoms with Crippen molar-refractivity contribution < 1.29 is 13.2 Å². The highest BCUT2D eigenvalue weighted by molar-refractivity contribution is 7.89. The summed E-state index contributed by atoms with van der Waals surface area (Å²) in [5.41, 5.74) is 3.24. The summed E-state index contributed by atoms with van der Waals surface area (Å²) in [6, 6.07) is 12.6. The van der Waals surface area contributed by atoms with Gasteiger partial charge in [0.15, 0.2) is 0 Å². The zero-order chi connectivity index (χ0) is 19.4. The van der Waals surface area contributed by atoms with E-state index in [1.807, 2.05) is 32.0 Å². The highest BCUT2D eigenvalue weighted by Crippen LogP contribution is 2.23. The van der Waals surface area contributed by atoms with Gasteiger partial charge in [0.2, 0.25) is 10.0 Å². The van der Waals surface area contributed by atoms with E-state index in [4.69, 9.17) is 0 Å². The van der Waals surface area contributed by atoms with E-state index in [9.17, 15) is 13.2 Å². The second-order valence-corrected chi connectivity index (χ2v) is 9.04. The van der Waals surface area contributed by atoms with Gasteiger partial charge >= 0.3 is 0 Å².